The maximum atomic E-state index is 15.2. The third kappa shape index (κ3) is 16.8. The summed E-state index contributed by atoms with van der Waals surface area (Å²) < 4.78 is 113. The Morgan fingerprint density at radius 3 is 1.83 bits per heavy atom. The number of β-amino-alcohol motifs (C(OH)–C–C–N with tert-alkyl or cyclic N) is 1. The number of hydrogen-bond acceptors (Lipinski definition) is 16. The fourth-order valence-electron chi connectivity index (χ4n) is 16.0. The second-order valence-corrected chi connectivity index (χ2v) is 29.6. The molecule has 4 unspecified atom stereocenters. The first-order chi connectivity index (χ1) is 46.3. The van der Waals surface area contributed by atoms with Crippen LogP contribution < -0.4 is 5.32 Å². The molecule has 0 saturated carbocycles. The van der Waals surface area contributed by atoms with Crippen LogP contribution in [0.25, 0.3) is 22.5 Å². The van der Waals surface area contributed by atoms with Crippen molar-refractivity contribution in [3.63, 3.8) is 0 Å². The molecule has 19 nitrogen and oxygen atoms in total. The number of piperidine rings is 4. The van der Waals surface area contributed by atoms with Crippen molar-refractivity contribution < 1.29 is 65.2 Å². The predicted molar refractivity (Wildman–Crippen MR) is 351 cm³/mol. The molecule has 8 aliphatic heterocycles. The van der Waals surface area contributed by atoms with Crippen LogP contribution in [0.1, 0.15) is 117 Å². The number of aliphatic hydroxyl groups excluding tert-OH is 3. The lowest BCUT2D eigenvalue weighted by atomic mass is 9.90. The molecule has 2 aromatic carbocycles. The number of halogens is 7. The van der Waals surface area contributed by atoms with Gasteiger partial charge in [-0.3, -0.25) is 28.6 Å². The van der Waals surface area contributed by atoms with E-state index in [1.807, 2.05) is 9.58 Å². The van der Waals surface area contributed by atoms with E-state index in [-0.39, 0.29) is 89.7 Å². The number of carbonyl (C=O) groups excluding carboxylic acids is 3. The number of rotatable bonds is 22. The molecule has 0 aliphatic carbocycles. The molecule has 3 amide bonds. The van der Waals surface area contributed by atoms with Crippen LogP contribution in [0.2, 0.25) is 0 Å². The monoisotopic (exact) mass is 1390 g/mol. The average Bonchev–Trinajstić information content (AvgIpc) is 1.61. The van der Waals surface area contributed by atoms with Gasteiger partial charge in [-0.2, -0.15) is 36.5 Å². The van der Waals surface area contributed by atoms with Crippen LogP contribution in [-0.4, -0.2) is 253 Å². The number of fused-ring (bicyclic) bond motifs is 2. The van der Waals surface area contributed by atoms with Gasteiger partial charge >= 0.3 is 12.4 Å². The van der Waals surface area contributed by atoms with Gasteiger partial charge < -0.3 is 54.8 Å². The molecule has 8 aliphatic rings. The Morgan fingerprint density at radius 2 is 1.20 bits per heavy atom. The summed E-state index contributed by atoms with van der Waals surface area (Å²) in [5.41, 5.74) is 2.05. The first kappa shape index (κ1) is 71.0. The Morgan fingerprint density at radius 1 is 0.615 bits per heavy atom. The number of nitrogens with one attached hydrogen (secondary N) is 1. The van der Waals surface area contributed by atoms with Gasteiger partial charge in [-0.15, -0.1) is 23.5 Å². The summed E-state index contributed by atoms with van der Waals surface area (Å²) in [5, 5.41) is 51.4. The highest BCUT2D eigenvalue weighted by atomic mass is 32.2. The van der Waals surface area contributed by atoms with Gasteiger partial charge in [-0.05, 0) is 134 Å². The van der Waals surface area contributed by atoms with Gasteiger partial charge in [0.1, 0.15) is 12.8 Å². The minimum atomic E-state index is -4.78. The highest BCUT2D eigenvalue weighted by Gasteiger charge is 2.46. The van der Waals surface area contributed by atoms with Gasteiger partial charge in [0.2, 0.25) is 17.7 Å². The number of aromatic nitrogens is 4. The highest BCUT2D eigenvalue weighted by Crippen LogP contribution is 2.44. The largest absolute Gasteiger partial charge is 0.417 e. The SMILES string of the molecule is O=C(CSc1cc(-c2nn(CC(O)C(C(C(O)CN3CCCCC3)n3nc(-c4ccc(C(F)(F)F)c(SCCN5CCC(F)CC5)c4)c4c3CCN(C(=O)CC3CCNCC3)C4)N3CCC(N4CCCC4)CC3)c3c2CN(C(=O)CO)CC3)ccc1C(F)(F)F)N1CCOCC1. The lowest BCUT2D eigenvalue weighted by molar-refractivity contribution is -0.140. The maximum absolute atomic E-state index is 15.2. The van der Waals surface area contributed by atoms with Crippen LogP contribution in [0.4, 0.5) is 30.7 Å². The van der Waals surface area contributed by atoms with E-state index in [1.54, 1.807) is 9.58 Å². The number of carbonyl (C=O) groups is 3. The van der Waals surface area contributed by atoms with Crippen molar-refractivity contribution in [2.45, 2.75) is 168 Å². The second kappa shape index (κ2) is 31.8. The summed E-state index contributed by atoms with van der Waals surface area (Å²) in [7, 11) is 0. The van der Waals surface area contributed by atoms with Crippen LogP contribution in [0.3, 0.4) is 0 Å². The molecule has 96 heavy (non-hydrogen) atoms. The zero-order chi connectivity index (χ0) is 67.3. The van der Waals surface area contributed by atoms with Crippen molar-refractivity contribution in [2.24, 2.45) is 5.92 Å². The fraction of sp³-hybridized carbons (Fsp3) is 0.691. The van der Waals surface area contributed by atoms with Crippen LogP contribution in [0.5, 0.6) is 0 Å². The van der Waals surface area contributed by atoms with Crippen molar-refractivity contribution >= 4 is 41.2 Å². The van der Waals surface area contributed by atoms with E-state index in [4.69, 9.17) is 14.9 Å². The van der Waals surface area contributed by atoms with E-state index in [9.17, 15) is 47.3 Å². The van der Waals surface area contributed by atoms with Gasteiger partial charge in [-0.25, -0.2) is 4.39 Å². The lowest BCUT2D eigenvalue weighted by Gasteiger charge is -2.46. The van der Waals surface area contributed by atoms with Gasteiger partial charge in [0.25, 0.3) is 0 Å². The topological polar surface area (TPSA) is 191 Å². The molecule has 0 bridgehead atoms. The number of nitrogens with zero attached hydrogens (tertiary/aromatic N) is 11. The molecule has 28 heteroatoms. The number of hydrogen-bond donors (Lipinski definition) is 4. The third-order valence-corrected chi connectivity index (χ3v) is 23.3. The van der Waals surface area contributed by atoms with E-state index in [2.05, 4.69) is 24.9 Å². The number of amides is 3. The Kier molecular flexibility index (Phi) is 23.5. The van der Waals surface area contributed by atoms with Crippen molar-refractivity contribution in [3.8, 4) is 22.5 Å². The summed E-state index contributed by atoms with van der Waals surface area (Å²) in [6.07, 6.45) is -3.07. The molecule has 6 fully saturated rings. The maximum Gasteiger partial charge on any atom is 0.417 e. The van der Waals surface area contributed by atoms with Crippen molar-refractivity contribution in [1.82, 2.24) is 59.2 Å². The summed E-state index contributed by atoms with van der Waals surface area (Å²) in [5.74, 6) is -0.691. The third-order valence-electron chi connectivity index (χ3n) is 21.3. The van der Waals surface area contributed by atoms with E-state index >= 15 is 13.2 Å². The van der Waals surface area contributed by atoms with Gasteiger partial charge in [0, 0.05) is 153 Å². The molecule has 10 heterocycles. The number of aliphatic hydroxyl groups is 3. The van der Waals surface area contributed by atoms with Crippen LogP contribution >= 0.6 is 23.5 Å². The molecular formula is C68H93F7N12O7S2. The summed E-state index contributed by atoms with van der Waals surface area (Å²) in [4.78, 5) is 55.0. The predicted octanol–water partition coefficient (Wildman–Crippen LogP) is 7.46. The van der Waals surface area contributed by atoms with E-state index < -0.39 is 66.5 Å². The van der Waals surface area contributed by atoms with E-state index in [1.165, 1.54) is 29.2 Å². The Hall–Kier alpha value is -4.88. The highest BCUT2D eigenvalue weighted by molar-refractivity contribution is 8.00. The number of thioether (sulfide) groups is 2. The normalized spacial score (nSPS) is 21.9. The molecule has 2 aromatic heterocycles. The zero-order valence-electron chi connectivity index (χ0n) is 54.7. The summed E-state index contributed by atoms with van der Waals surface area (Å²) in [6.45, 7) is 8.63. The van der Waals surface area contributed by atoms with Gasteiger partial charge in [-0.1, -0.05) is 18.6 Å². The Balaban J connectivity index is 0.962. The molecule has 4 N–H and O–H groups in total. The van der Waals surface area contributed by atoms with Crippen LogP contribution in [0.15, 0.2) is 46.2 Å². The summed E-state index contributed by atoms with van der Waals surface area (Å²) in [6, 6.07) is 6.08. The molecule has 6 saturated heterocycles. The number of morpholine rings is 1. The smallest absolute Gasteiger partial charge is 0.389 e. The van der Waals surface area contributed by atoms with Crippen LogP contribution in [-0.2, 0) is 63.9 Å². The minimum Gasteiger partial charge on any atom is -0.389 e. The number of ether oxygens (including phenoxy) is 1. The fourth-order valence-corrected chi connectivity index (χ4v) is 18.1. The molecule has 0 radical (unpaired) electrons. The number of likely N-dealkylation sites (tertiary alicyclic amines) is 4. The second-order valence-electron chi connectivity index (χ2n) is 27.4. The molecule has 528 valence electrons. The molecule has 4 atom stereocenters. The van der Waals surface area contributed by atoms with Crippen molar-refractivity contribution in [3.05, 3.63) is 70.0 Å². The van der Waals surface area contributed by atoms with Gasteiger partial charge in [0.15, 0.2) is 0 Å². The average molecular weight is 1390 g/mol. The molecular weight excluding hydrogens is 1290 g/mol. The number of benzene rings is 2. The lowest BCUT2D eigenvalue weighted by Crippen LogP contribution is -2.58. The Bertz CT molecular complexity index is 3300. The summed E-state index contributed by atoms with van der Waals surface area (Å²) >= 11 is 1.86. The number of alkyl halides is 7. The zero-order valence-corrected chi connectivity index (χ0v) is 56.4. The molecule has 4 aromatic rings. The van der Waals surface area contributed by atoms with Gasteiger partial charge in [0.05, 0.1) is 72.3 Å². The quantitative estimate of drug-likeness (QED) is 0.0448. The van der Waals surface area contributed by atoms with Crippen LogP contribution in [0, 0.1) is 5.92 Å². The standard InChI is InChI=1S/C68H93F7N12O7S2/c69-48-12-24-79(25-13-48)32-35-95-58-37-47(7-8-52(58)67(70,71)72)64-51-40-84(60(91)36-45-10-18-76-19-11-45)29-17-55(51)87(78-64)66(56(89)41-80-20-2-1-3-21-80)65(83-26-14-49(15-27-83)81-22-4-5-23-81)57(90)42-86-54-16-28-85(61(92)43-88)39-50(54)63(77-86)46-6-9-53(68(73,74)75)59(38-46)96-44-62(93)82-30-33-94-34-31-82/h6-9,37-38,45,48-49,56-57,65-66,76,88-90H,1-5,10-36,39-44H2. The Labute approximate surface area is 565 Å². The van der Waals surface area contributed by atoms with Crippen molar-refractivity contribution in [2.75, 3.05) is 136 Å². The molecule has 12 rings (SSSR count). The van der Waals surface area contributed by atoms with E-state index in [0.717, 1.165) is 133 Å². The van der Waals surface area contributed by atoms with E-state index in [0.29, 0.717) is 131 Å². The van der Waals surface area contributed by atoms with Crippen molar-refractivity contribution in [1.29, 1.82) is 0 Å². The molecule has 0 spiro atoms. The first-order valence-corrected chi connectivity index (χ1v) is 36.8. The first-order valence-electron chi connectivity index (χ1n) is 34.8. The minimum absolute atomic E-state index is 0.00473.